The van der Waals surface area contributed by atoms with Gasteiger partial charge < -0.3 is 9.52 Å². The van der Waals surface area contributed by atoms with Gasteiger partial charge in [-0.15, -0.1) is 0 Å². The molecule has 0 saturated carbocycles. The van der Waals surface area contributed by atoms with Crippen molar-refractivity contribution in [2.24, 2.45) is 0 Å². The summed E-state index contributed by atoms with van der Waals surface area (Å²) in [7, 11) is 0. The lowest BCUT2D eigenvalue weighted by Gasteiger charge is -2.24. The third kappa shape index (κ3) is 5.59. The maximum absolute atomic E-state index is 10.6. The lowest BCUT2D eigenvalue weighted by atomic mass is 10.1. The minimum atomic E-state index is -0.415. The van der Waals surface area contributed by atoms with Crippen LogP contribution in [0.4, 0.5) is 0 Å². The van der Waals surface area contributed by atoms with Crippen LogP contribution in [0.5, 0.6) is 0 Å². The molecule has 3 nitrogen and oxygen atoms in total. The van der Waals surface area contributed by atoms with Crippen LogP contribution in [0.1, 0.15) is 22.5 Å². The minimum Gasteiger partial charge on any atom is -0.468 e. The first kappa shape index (κ1) is 17.5. The Hall–Kier alpha value is -2.36. The Morgan fingerprint density at radius 1 is 0.920 bits per heavy atom. The zero-order valence-corrected chi connectivity index (χ0v) is 14.6. The van der Waals surface area contributed by atoms with Gasteiger partial charge >= 0.3 is 0 Å². The molecule has 2 aromatic carbocycles. The quantitative estimate of drug-likeness (QED) is 0.670. The Morgan fingerprint density at radius 3 is 2.44 bits per heavy atom. The largest absolute Gasteiger partial charge is 0.468 e. The molecule has 1 heterocycles. The molecule has 0 radical (unpaired) electrons. The van der Waals surface area contributed by atoms with Crippen LogP contribution >= 0.6 is 0 Å². The zero-order valence-electron chi connectivity index (χ0n) is 14.6. The van der Waals surface area contributed by atoms with Crippen LogP contribution in [0.15, 0.2) is 77.4 Å². The lowest BCUT2D eigenvalue weighted by Crippen LogP contribution is -2.32. The number of benzene rings is 2. The Bertz CT molecular complexity index is 753. The third-order valence-electron chi connectivity index (χ3n) is 4.23. The summed E-state index contributed by atoms with van der Waals surface area (Å²) < 4.78 is 5.50. The molecule has 3 heteroatoms. The molecular weight excluding hydrogens is 310 g/mol. The van der Waals surface area contributed by atoms with E-state index >= 15 is 0 Å². The molecule has 1 unspecified atom stereocenters. The van der Waals surface area contributed by atoms with E-state index < -0.39 is 6.10 Å². The first-order valence-electron chi connectivity index (χ1n) is 8.71. The van der Waals surface area contributed by atoms with E-state index in [1.54, 1.807) is 6.26 Å². The Balaban J connectivity index is 1.67. The average Bonchev–Trinajstić information content (AvgIpc) is 3.08. The van der Waals surface area contributed by atoms with Gasteiger partial charge in [0.05, 0.1) is 18.9 Å². The van der Waals surface area contributed by atoms with Gasteiger partial charge in [-0.2, -0.15) is 0 Å². The zero-order chi connectivity index (χ0) is 17.5. The molecule has 0 fully saturated rings. The number of hydrogen-bond donors (Lipinski definition) is 1. The standard InChI is InChI=1S/C22H25NO2/c1-18-7-5-10-20(13-18)15-23(17-22-11-6-12-25-22)16-21(24)14-19-8-3-2-4-9-19/h2-13,21,24H,14-17H2,1H3. The predicted molar refractivity (Wildman–Crippen MR) is 100 cm³/mol. The van der Waals surface area contributed by atoms with Crippen LogP contribution in [0, 0.1) is 6.92 Å². The Kier molecular flexibility index (Phi) is 6.04. The number of furan rings is 1. The maximum Gasteiger partial charge on any atom is 0.117 e. The predicted octanol–water partition coefficient (Wildman–Crippen LogP) is 4.19. The summed E-state index contributed by atoms with van der Waals surface area (Å²) in [6, 6.07) is 22.5. The molecule has 25 heavy (non-hydrogen) atoms. The third-order valence-corrected chi connectivity index (χ3v) is 4.23. The summed E-state index contributed by atoms with van der Waals surface area (Å²) >= 11 is 0. The van der Waals surface area contributed by atoms with Crippen molar-refractivity contribution in [2.45, 2.75) is 32.5 Å². The number of aryl methyl sites for hydroxylation is 1. The van der Waals surface area contributed by atoms with Gasteiger partial charge in [-0.3, -0.25) is 4.90 Å². The normalized spacial score (nSPS) is 12.4. The fourth-order valence-corrected chi connectivity index (χ4v) is 3.13. The first-order chi connectivity index (χ1) is 12.2. The van der Waals surface area contributed by atoms with E-state index in [0.29, 0.717) is 19.5 Å². The highest BCUT2D eigenvalue weighted by Crippen LogP contribution is 2.14. The van der Waals surface area contributed by atoms with Crippen LogP contribution in [-0.2, 0) is 19.5 Å². The summed E-state index contributed by atoms with van der Waals surface area (Å²) in [5, 5.41) is 10.6. The van der Waals surface area contributed by atoms with Crippen molar-refractivity contribution in [1.29, 1.82) is 0 Å². The van der Waals surface area contributed by atoms with Gasteiger partial charge in [0.1, 0.15) is 5.76 Å². The van der Waals surface area contributed by atoms with E-state index in [0.717, 1.165) is 17.9 Å². The molecule has 0 aliphatic rings. The molecule has 0 spiro atoms. The number of aliphatic hydroxyl groups is 1. The topological polar surface area (TPSA) is 36.6 Å². The maximum atomic E-state index is 10.6. The number of aliphatic hydroxyl groups excluding tert-OH is 1. The molecule has 3 rings (SSSR count). The van der Waals surface area contributed by atoms with Crippen LogP contribution < -0.4 is 0 Å². The molecule has 0 bridgehead atoms. The lowest BCUT2D eigenvalue weighted by molar-refractivity contribution is 0.100. The van der Waals surface area contributed by atoms with Gasteiger partial charge in [-0.1, -0.05) is 60.2 Å². The molecule has 0 aliphatic carbocycles. The van der Waals surface area contributed by atoms with E-state index in [4.69, 9.17) is 4.42 Å². The van der Waals surface area contributed by atoms with Gasteiger partial charge in [0.15, 0.2) is 0 Å². The second kappa shape index (κ2) is 8.65. The smallest absolute Gasteiger partial charge is 0.117 e. The fourth-order valence-electron chi connectivity index (χ4n) is 3.13. The van der Waals surface area contributed by atoms with Crippen LogP contribution in [-0.4, -0.2) is 22.7 Å². The van der Waals surface area contributed by atoms with E-state index in [-0.39, 0.29) is 0 Å². The first-order valence-corrected chi connectivity index (χ1v) is 8.71. The average molecular weight is 335 g/mol. The highest BCUT2D eigenvalue weighted by Gasteiger charge is 2.15. The van der Waals surface area contributed by atoms with Crippen molar-refractivity contribution in [3.63, 3.8) is 0 Å². The summed E-state index contributed by atoms with van der Waals surface area (Å²) in [5.74, 6) is 0.916. The van der Waals surface area contributed by atoms with Gasteiger partial charge in [0, 0.05) is 13.1 Å². The molecule has 0 saturated heterocycles. The fraction of sp³-hybridized carbons (Fsp3) is 0.273. The van der Waals surface area contributed by atoms with Gasteiger partial charge in [-0.25, -0.2) is 0 Å². The Labute approximate surface area is 149 Å². The highest BCUT2D eigenvalue weighted by molar-refractivity contribution is 5.22. The van der Waals surface area contributed by atoms with Gasteiger partial charge in [0.2, 0.25) is 0 Å². The van der Waals surface area contributed by atoms with Crippen molar-refractivity contribution in [3.05, 3.63) is 95.4 Å². The van der Waals surface area contributed by atoms with Crippen molar-refractivity contribution >= 4 is 0 Å². The van der Waals surface area contributed by atoms with Crippen LogP contribution in [0.3, 0.4) is 0 Å². The molecule has 1 atom stereocenters. The van der Waals surface area contributed by atoms with Crippen molar-refractivity contribution < 1.29 is 9.52 Å². The molecule has 3 aromatic rings. The molecular formula is C22H25NO2. The molecule has 0 amide bonds. The van der Waals surface area contributed by atoms with E-state index in [2.05, 4.69) is 48.2 Å². The summed E-state index contributed by atoms with van der Waals surface area (Å²) in [6.45, 7) is 4.18. The summed E-state index contributed by atoms with van der Waals surface area (Å²) in [6.07, 6.45) is 1.94. The van der Waals surface area contributed by atoms with E-state index in [9.17, 15) is 5.11 Å². The molecule has 1 aromatic heterocycles. The summed E-state index contributed by atoms with van der Waals surface area (Å²) in [5.41, 5.74) is 3.65. The Morgan fingerprint density at radius 2 is 1.72 bits per heavy atom. The van der Waals surface area contributed by atoms with Gasteiger partial charge in [-0.05, 0) is 36.6 Å². The van der Waals surface area contributed by atoms with Gasteiger partial charge in [0.25, 0.3) is 0 Å². The second-order valence-electron chi connectivity index (χ2n) is 6.58. The van der Waals surface area contributed by atoms with Crippen molar-refractivity contribution in [3.8, 4) is 0 Å². The summed E-state index contributed by atoms with van der Waals surface area (Å²) in [4.78, 5) is 2.24. The van der Waals surface area contributed by atoms with E-state index in [1.165, 1.54) is 11.1 Å². The minimum absolute atomic E-state index is 0.415. The van der Waals surface area contributed by atoms with Crippen LogP contribution in [0.2, 0.25) is 0 Å². The highest BCUT2D eigenvalue weighted by atomic mass is 16.3. The van der Waals surface area contributed by atoms with Crippen LogP contribution in [0.25, 0.3) is 0 Å². The van der Waals surface area contributed by atoms with Crippen molar-refractivity contribution in [2.75, 3.05) is 6.54 Å². The number of hydrogen-bond acceptors (Lipinski definition) is 3. The van der Waals surface area contributed by atoms with E-state index in [1.807, 2.05) is 30.3 Å². The molecule has 130 valence electrons. The van der Waals surface area contributed by atoms with Crippen molar-refractivity contribution in [1.82, 2.24) is 4.90 Å². The number of rotatable bonds is 8. The molecule has 1 N–H and O–H groups in total. The second-order valence-corrected chi connectivity index (χ2v) is 6.58. The monoisotopic (exact) mass is 335 g/mol. The molecule has 0 aliphatic heterocycles. The number of nitrogens with zero attached hydrogens (tertiary/aromatic N) is 1. The SMILES string of the molecule is Cc1cccc(CN(Cc2ccco2)CC(O)Cc2ccccc2)c1.